The Balaban J connectivity index is 1.18. The zero-order valence-electron chi connectivity index (χ0n) is 26.5. The molecule has 0 saturated heterocycles. The molecule has 0 fully saturated rings. The standard InChI is InChI=1S/C45H29N3O/c1-3-13-31(14-4-1)35-17-7-9-20-39(35)44-46-43(47-45(48-44)40-21-10-8-18-36(40)32-15-5-2-6-16-32)33-25-23-30(24-26-33)34-27-28-38-37-19-11-12-22-41(37)49-42(38)29-34/h1-29H. The Morgan fingerprint density at radius 2 is 0.735 bits per heavy atom. The molecule has 0 radical (unpaired) electrons. The lowest BCUT2D eigenvalue weighted by Gasteiger charge is -2.14. The van der Waals surface area contributed by atoms with E-state index in [1.54, 1.807) is 0 Å². The second-order valence-electron chi connectivity index (χ2n) is 12.0. The predicted molar refractivity (Wildman–Crippen MR) is 200 cm³/mol. The number of nitrogens with zero attached hydrogens (tertiary/aromatic N) is 3. The number of hydrogen-bond donors (Lipinski definition) is 0. The van der Waals surface area contributed by atoms with Gasteiger partial charge in [0.2, 0.25) is 0 Å². The Kier molecular flexibility index (Phi) is 7.10. The van der Waals surface area contributed by atoms with Crippen molar-refractivity contribution in [2.24, 2.45) is 0 Å². The minimum absolute atomic E-state index is 0.616. The van der Waals surface area contributed by atoms with E-state index in [-0.39, 0.29) is 0 Å². The van der Waals surface area contributed by atoms with Crippen molar-refractivity contribution < 1.29 is 4.42 Å². The summed E-state index contributed by atoms with van der Waals surface area (Å²) < 4.78 is 6.17. The third kappa shape index (κ3) is 5.35. The summed E-state index contributed by atoms with van der Waals surface area (Å²) in [5.41, 5.74) is 11.1. The van der Waals surface area contributed by atoms with Crippen LogP contribution in [0.5, 0.6) is 0 Å². The van der Waals surface area contributed by atoms with Gasteiger partial charge in [-0.3, -0.25) is 0 Å². The summed E-state index contributed by atoms with van der Waals surface area (Å²) in [5.74, 6) is 1.87. The Morgan fingerprint density at radius 3 is 1.35 bits per heavy atom. The molecule has 0 spiro atoms. The van der Waals surface area contributed by atoms with Crippen molar-refractivity contribution in [3.05, 3.63) is 176 Å². The van der Waals surface area contributed by atoms with Gasteiger partial charge < -0.3 is 4.42 Å². The summed E-state index contributed by atoms with van der Waals surface area (Å²) in [5, 5.41) is 2.25. The van der Waals surface area contributed by atoms with Crippen molar-refractivity contribution in [3.8, 4) is 67.5 Å². The molecule has 4 nitrogen and oxygen atoms in total. The van der Waals surface area contributed by atoms with Crippen LogP contribution in [0.2, 0.25) is 0 Å². The van der Waals surface area contributed by atoms with E-state index in [4.69, 9.17) is 19.4 Å². The number of benzene rings is 7. The van der Waals surface area contributed by atoms with Crippen LogP contribution in [0.3, 0.4) is 0 Å². The number of hydrogen-bond acceptors (Lipinski definition) is 4. The predicted octanol–water partition coefficient (Wildman–Crippen LogP) is 11.8. The van der Waals surface area contributed by atoms with Gasteiger partial charge in [-0.15, -0.1) is 0 Å². The van der Waals surface area contributed by atoms with Crippen LogP contribution in [0.1, 0.15) is 0 Å². The lowest BCUT2D eigenvalue weighted by molar-refractivity contribution is 0.669. The van der Waals surface area contributed by atoms with E-state index >= 15 is 0 Å². The minimum atomic E-state index is 0.616. The topological polar surface area (TPSA) is 51.8 Å². The van der Waals surface area contributed by atoms with Gasteiger partial charge in [0.05, 0.1) is 0 Å². The molecule has 0 amide bonds. The summed E-state index contributed by atoms with van der Waals surface area (Å²) in [7, 11) is 0. The SMILES string of the molecule is c1ccc(-c2ccccc2-c2nc(-c3ccc(-c4ccc5c(c4)oc4ccccc45)cc3)nc(-c3ccccc3-c3ccccc3)n2)cc1. The molecule has 0 N–H and O–H groups in total. The van der Waals surface area contributed by atoms with E-state index in [0.717, 1.165) is 72.0 Å². The Labute approximate surface area is 284 Å². The van der Waals surface area contributed by atoms with Crippen LogP contribution < -0.4 is 0 Å². The maximum Gasteiger partial charge on any atom is 0.164 e. The lowest BCUT2D eigenvalue weighted by Crippen LogP contribution is -2.02. The smallest absolute Gasteiger partial charge is 0.164 e. The number of rotatable bonds is 6. The van der Waals surface area contributed by atoms with Gasteiger partial charge in [0.1, 0.15) is 11.2 Å². The molecule has 0 aliphatic heterocycles. The highest BCUT2D eigenvalue weighted by atomic mass is 16.3. The molecular formula is C45H29N3O. The Hall–Kier alpha value is -6.65. The van der Waals surface area contributed by atoms with Crippen LogP contribution in [-0.2, 0) is 0 Å². The average Bonchev–Trinajstić information content (AvgIpc) is 3.56. The number of para-hydroxylation sites is 1. The van der Waals surface area contributed by atoms with Crippen LogP contribution >= 0.6 is 0 Å². The molecule has 0 aliphatic carbocycles. The van der Waals surface area contributed by atoms with Crippen LogP contribution in [0.15, 0.2) is 180 Å². The van der Waals surface area contributed by atoms with Crippen LogP contribution in [0.25, 0.3) is 89.5 Å². The van der Waals surface area contributed by atoms with Crippen molar-refractivity contribution >= 4 is 21.9 Å². The second kappa shape index (κ2) is 12.2. The summed E-state index contributed by atoms with van der Waals surface area (Å²) in [6.07, 6.45) is 0. The highest BCUT2D eigenvalue weighted by molar-refractivity contribution is 6.05. The largest absolute Gasteiger partial charge is 0.456 e. The molecule has 0 atom stereocenters. The molecule has 2 heterocycles. The molecule has 4 heteroatoms. The van der Waals surface area contributed by atoms with Gasteiger partial charge in [-0.1, -0.05) is 158 Å². The molecule has 230 valence electrons. The zero-order valence-corrected chi connectivity index (χ0v) is 26.5. The van der Waals surface area contributed by atoms with E-state index in [1.807, 2.05) is 42.5 Å². The van der Waals surface area contributed by atoms with Gasteiger partial charge in [-0.2, -0.15) is 0 Å². The molecular weight excluding hydrogens is 599 g/mol. The third-order valence-corrected chi connectivity index (χ3v) is 9.00. The lowest BCUT2D eigenvalue weighted by atomic mass is 9.98. The fraction of sp³-hybridized carbons (Fsp3) is 0. The third-order valence-electron chi connectivity index (χ3n) is 9.00. The van der Waals surface area contributed by atoms with Gasteiger partial charge in [-0.05, 0) is 51.6 Å². The van der Waals surface area contributed by atoms with Crippen molar-refractivity contribution in [2.45, 2.75) is 0 Å². The van der Waals surface area contributed by atoms with Crippen molar-refractivity contribution in [1.29, 1.82) is 0 Å². The first-order valence-electron chi connectivity index (χ1n) is 16.4. The van der Waals surface area contributed by atoms with Gasteiger partial charge in [-0.25, -0.2) is 15.0 Å². The maximum atomic E-state index is 6.17. The first-order valence-corrected chi connectivity index (χ1v) is 16.4. The first-order chi connectivity index (χ1) is 24.3. The zero-order chi connectivity index (χ0) is 32.6. The van der Waals surface area contributed by atoms with E-state index in [9.17, 15) is 0 Å². The van der Waals surface area contributed by atoms with Crippen LogP contribution in [0.4, 0.5) is 0 Å². The van der Waals surface area contributed by atoms with E-state index in [1.165, 1.54) is 0 Å². The molecule has 0 bridgehead atoms. The molecule has 2 aromatic heterocycles. The molecule has 49 heavy (non-hydrogen) atoms. The molecule has 9 rings (SSSR count). The first kappa shape index (κ1) is 28.6. The maximum absolute atomic E-state index is 6.17. The van der Waals surface area contributed by atoms with Crippen molar-refractivity contribution in [1.82, 2.24) is 15.0 Å². The molecule has 9 aromatic rings. The van der Waals surface area contributed by atoms with Crippen LogP contribution in [0, 0.1) is 0 Å². The fourth-order valence-electron chi connectivity index (χ4n) is 6.56. The average molecular weight is 628 g/mol. The van der Waals surface area contributed by atoms with Gasteiger partial charge in [0.15, 0.2) is 17.5 Å². The summed E-state index contributed by atoms with van der Waals surface area (Å²) in [4.78, 5) is 15.4. The number of aromatic nitrogens is 3. The highest BCUT2D eigenvalue weighted by Gasteiger charge is 2.18. The monoisotopic (exact) mass is 627 g/mol. The van der Waals surface area contributed by atoms with Gasteiger partial charge in [0.25, 0.3) is 0 Å². The summed E-state index contributed by atoms with van der Waals surface area (Å²) >= 11 is 0. The molecule has 7 aromatic carbocycles. The molecule has 0 aliphatic rings. The van der Waals surface area contributed by atoms with Crippen LogP contribution in [-0.4, -0.2) is 15.0 Å². The number of furan rings is 1. The second-order valence-corrected chi connectivity index (χ2v) is 12.0. The van der Waals surface area contributed by atoms with E-state index in [0.29, 0.717) is 17.5 Å². The van der Waals surface area contributed by atoms with E-state index < -0.39 is 0 Å². The highest BCUT2D eigenvalue weighted by Crippen LogP contribution is 2.36. The number of fused-ring (bicyclic) bond motifs is 3. The normalized spacial score (nSPS) is 11.3. The quantitative estimate of drug-likeness (QED) is 0.184. The Bertz CT molecular complexity index is 2490. The van der Waals surface area contributed by atoms with E-state index in [2.05, 4.69) is 133 Å². The van der Waals surface area contributed by atoms with Gasteiger partial charge >= 0.3 is 0 Å². The minimum Gasteiger partial charge on any atom is -0.456 e. The Morgan fingerprint density at radius 1 is 0.286 bits per heavy atom. The van der Waals surface area contributed by atoms with Gasteiger partial charge in [0, 0.05) is 27.5 Å². The fourth-order valence-corrected chi connectivity index (χ4v) is 6.56. The summed E-state index contributed by atoms with van der Waals surface area (Å²) in [6.45, 7) is 0. The molecule has 0 saturated carbocycles. The summed E-state index contributed by atoms with van der Waals surface area (Å²) in [6, 6.07) is 60.4. The molecule has 0 unspecified atom stereocenters. The van der Waals surface area contributed by atoms with Crippen molar-refractivity contribution in [2.75, 3.05) is 0 Å². The van der Waals surface area contributed by atoms with Crippen molar-refractivity contribution in [3.63, 3.8) is 0 Å².